The third kappa shape index (κ3) is 2.29. The zero-order valence-electron chi connectivity index (χ0n) is 10.9. The molecule has 0 saturated heterocycles. The van der Waals surface area contributed by atoms with Crippen LogP contribution in [0.25, 0.3) is 0 Å². The van der Waals surface area contributed by atoms with Gasteiger partial charge in [-0.15, -0.1) is 0 Å². The summed E-state index contributed by atoms with van der Waals surface area (Å²) in [5.41, 5.74) is 1.45. The van der Waals surface area contributed by atoms with Crippen LogP contribution in [0.1, 0.15) is 15.9 Å². The van der Waals surface area contributed by atoms with Crippen molar-refractivity contribution in [2.45, 2.75) is 13.0 Å². The molecule has 1 aromatic heterocycles. The van der Waals surface area contributed by atoms with Crippen LogP contribution in [0.4, 0.5) is 5.69 Å². The van der Waals surface area contributed by atoms with Crippen LogP contribution in [-0.2, 0) is 22.6 Å². The Morgan fingerprint density at radius 1 is 1.29 bits per heavy atom. The first-order chi connectivity index (χ1) is 10.1. The Bertz CT molecular complexity index is 750. The zero-order valence-corrected chi connectivity index (χ0v) is 10.9. The summed E-state index contributed by atoms with van der Waals surface area (Å²) in [6.07, 6.45) is 2.82. The molecule has 2 amide bonds. The molecular weight excluding hydrogens is 274 g/mol. The minimum absolute atomic E-state index is 0.131. The number of fused-ring (bicyclic) bond motifs is 1. The molecule has 7 heteroatoms. The molecule has 0 bridgehead atoms. The van der Waals surface area contributed by atoms with Crippen molar-refractivity contribution < 1.29 is 19.5 Å². The van der Waals surface area contributed by atoms with E-state index in [-0.39, 0.29) is 24.6 Å². The van der Waals surface area contributed by atoms with Crippen LogP contribution >= 0.6 is 0 Å². The Balaban J connectivity index is 1.96. The van der Waals surface area contributed by atoms with Crippen molar-refractivity contribution in [3.63, 3.8) is 0 Å². The number of anilines is 1. The number of carboxylic acids is 1. The van der Waals surface area contributed by atoms with E-state index in [1.54, 1.807) is 24.3 Å². The van der Waals surface area contributed by atoms with E-state index in [0.717, 1.165) is 4.90 Å². The highest BCUT2D eigenvalue weighted by atomic mass is 16.4. The summed E-state index contributed by atoms with van der Waals surface area (Å²) < 4.78 is 1.17. The highest BCUT2D eigenvalue weighted by molar-refractivity contribution is 6.24. The second-order valence-corrected chi connectivity index (χ2v) is 4.66. The first-order valence-corrected chi connectivity index (χ1v) is 6.25. The molecule has 2 aromatic rings. The van der Waals surface area contributed by atoms with E-state index in [1.165, 1.54) is 17.1 Å². The summed E-state index contributed by atoms with van der Waals surface area (Å²) in [7, 11) is 0. The Morgan fingerprint density at radius 3 is 2.81 bits per heavy atom. The van der Waals surface area contributed by atoms with E-state index >= 15 is 0 Å². The van der Waals surface area contributed by atoms with Crippen molar-refractivity contribution in [1.29, 1.82) is 0 Å². The largest absolute Gasteiger partial charge is 0.480 e. The van der Waals surface area contributed by atoms with Gasteiger partial charge in [-0.3, -0.25) is 19.1 Å². The maximum Gasteiger partial charge on any atom is 0.325 e. The summed E-state index contributed by atoms with van der Waals surface area (Å²) in [6, 6.07) is 6.92. The lowest BCUT2D eigenvalue weighted by molar-refractivity contribution is -0.137. The highest BCUT2D eigenvalue weighted by Gasteiger charge is 2.32. The van der Waals surface area contributed by atoms with Gasteiger partial charge in [0.15, 0.2) is 0 Å². The van der Waals surface area contributed by atoms with Gasteiger partial charge in [0.05, 0.1) is 18.3 Å². The smallest absolute Gasteiger partial charge is 0.325 e. The molecule has 0 fully saturated rings. The van der Waals surface area contributed by atoms with Crippen LogP contribution in [0.3, 0.4) is 0 Å². The van der Waals surface area contributed by atoms with Gasteiger partial charge in [0.25, 0.3) is 5.91 Å². The lowest BCUT2D eigenvalue weighted by Gasteiger charge is -2.25. The molecule has 1 aliphatic rings. The van der Waals surface area contributed by atoms with Crippen LogP contribution in [0.2, 0.25) is 0 Å². The molecule has 3 rings (SSSR count). The lowest BCUT2D eigenvalue weighted by atomic mass is 9.98. The Kier molecular flexibility index (Phi) is 3.02. The fraction of sp³-hybridized carbons (Fsp3) is 0.143. The fourth-order valence-electron chi connectivity index (χ4n) is 2.31. The van der Waals surface area contributed by atoms with Crippen LogP contribution in [0.15, 0.2) is 36.7 Å². The number of hydrogen-bond donors (Lipinski definition) is 1. The number of hydrogen-bond acceptors (Lipinski definition) is 4. The molecule has 7 nitrogen and oxygen atoms in total. The number of carboxylic acid groups (broad SMARTS) is 1. The van der Waals surface area contributed by atoms with E-state index in [1.807, 2.05) is 0 Å². The van der Waals surface area contributed by atoms with Gasteiger partial charge in [0.2, 0.25) is 5.91 Å². The first-order valence-electron chi connectivity index (χ1n) is 6.25. The van der Waals surface area contributed by atoms with Crippen molar-refractivity contribution >= 4 is 23.5 Å². The summed E-state index contributed by atoms with van der Waals surface area (Å²) >= 11 is 0. The van der Waals surface area contributed by atoms with Crippen molar-refractivity contribution in [2.75, 3.05) is 4.90 Å². The van der Waals surface area contributed by atoms with Gasteiger partial charge in [-0.2, -0.15) is 5.10 Å². The van der Waals surface area contributed by atoms with Crippen molar-refractivity contribution in [3.8, 4) is 0 Å². The van der Waals surface area contributed by atoms with Gasteiger partial charge < -0.3 is 5.11 Å². The van der Waals surface area contributed by atoms with Crippen LogP contribution < -0.4 is 4.90 Å². The van der Waals surface area contributed by atoms with Crippen molar-refractivity contribution in [2.24, 2.45) is 0 Å². The Hall–Kier alpha value is -2.96. The predicted octanol–water partition coefficient (Wildman–Crippen LogP) is 0.697. The maximum atomic E-state index is 12.4. The van der Waals surface area contributed by atoms with E-state index in [9.17, 15) is 14.4 Å². The third-order valence-electron chi connectivity index (χ3n) is 3.22. The van der Waals surface area contributed by atoms with Gasteiger partial charge in [-0.05, 0) is 11.6 Å². The molecule has 0 aliphatic carbocycles. The van der Waals surface area contributed by atoms with Gasteiger partial charge >= 0.3 is 5.97 Å². The second-order valence-electron chi connectivity index (χ2n) is 4.66. The zero-order chi connectivity index (χ0) is 15.0. The fourth-order valence-corrected chi connectivity index (χ4v) is 2.31. The third-order valence-corrected chi connectivity index (χ3v) is 3.22. The predicted molar refractivity (Wildman–Crippen MR) is 71.8 cm³/mol. The Morgan fingerprint density at radius 2 is 2.05 bits per heavy atom. The molecule has 2 heterocycles. The monoisotopic (exact) mass is 285 g/mol. The van der Waals surface area contributed by atoms with Crippen molar-refractivity contribution in [3.05, 3.63) is 47.8 Å². The SMILES string of the molecule is O=C(O)Cn1cc(N2C(=O)Cc3ccccc3C2=O)cn1. The Labute approximate surface area is 119 Å². The minimum Gasteiger partial charge on any atom is -0.480 e. The molecule has 0 radical (unpaired) electrons. The molecule has 1 aromatic carbocycles. The van der Waals surface area contributed by atoms with E-state index in [4.69, 9.17) is 5.11 Å². The number of amides is 2. The number of benzene rings is 1. The van der Waals surface area contributed by atoms with Crippen LogP contribution in [0.5, 0.6) is 0 Å². The second kappa shape index (κ2) is 4.86. The highest BCUT2D eigenvalue weighted by Crippen LogP contribution is 2.24. The lowest BCUT2D eigenvalue weighted by Crippen LogP contribution is -2.42. The quantitative estimate of drug-likeness (QED) is 0.838. The number of rotatable bonds is 3. The maximum absolute atomic E-state index is 12.4. The minimum atomic E-state index is -1.05. The summed E-state index contributed by atoms with van der Waals surface area (Å²) in [6.45, 7) is -0.327. The molecule has 1 N–H and O–H groups in total. The number of nitrogens with zero attached hydrogens (tertiary/aromatic N) is 3. The molecule has 0 saturated carbocycles. The standard InChI is InChI=1S/C14H11N3O4/c18-12-5-9-3-1-2-4-11(9)14(21)17(12)10-6-15-16(7-10)8-13(19)20/h1-4,6-7H,5,8H2,(H,19,20). The number of carbonyl (C=O) groups excluding carboxylic acids is 2. The van der Waals surface area contributed by atoms with E-state index < -0.39 is 11.9 Å². The summed E-state index contributed by atoms with van der Waals surface area (Å²) in [5, 5.41) is 12.6. The average Bonchev–Trinajstić information content (AvgIpc) is 2.86. The molecule has 0 atom stereocenters. The van der Waals surface area contributed by atoms with Gasteiger partial charge in [0.1, 0.15) is 6.54 Å². The summed E-state index contributed by atoms with van der Waals surface area (Å²) in [4.78, 5) is 36.2. The summed E-state index contributed by atoms with van der Waals surface area (Å²) in [5.74, 6) is -1.82. The van der Waals surface area contributed by atoms with Gasteiger partial charge in [-0.25, -0.2) is 4.90 Å². The van der Waals surface area contributed by atoms with Crippen LogP contribution in [0, 0.1) is 0 Å². The number of imide groups is 1. The molecular formula is C14H11N3O4. The van der Waals surface area contributed by atoms with Gasteiger partial charge in [-0.1, -0.05) is 18.2 Å². The number of aromatic nitrogens is 2. The molecule has 21 heavy (non-hydrogen) atoms. The number of carbonyl (C=O) groups is 3. The molecule has 0 spiro atoms. The van der Waals surface area contributed by atoms with Crippen molar-refractivity contribution in [1.82, 2.24) is 9.78 Å². The number of aliphatic carboxylic acids is 1. The molecule has 0 unspecified atom stereocenters. The molecule has 106 valence electrons. The average molecular weight is 285 g/mol. The topological polar surface area (TPSA) is 92.5 Å². The van der Waals surface area contributed by atoms with E-state index in [2.05, 4.69) is 5.10 Å². The first kappa shape index (κ1) is 13.0. The van der Waals surface area contributed by atoms with Gasteiger partial charge in [0, 0.05) is 11.8 Å². The van der Waals surface area contributed by atoms with Crippen LogP contribution in [-0.4, -0.2) is 32.7 Å². The normalized spacial score (nSPS) is 14.2. The molecule has 1 aliphatic heterocycles. The van der Waals surface area contributed by atoms with E-state index in [0.29, 0.717) is 11.1 Å².